The Bertz CT molecular complexity index is 1020. The average Bonchev–Trinajstić information content (AvgIpc) is 3.07. The van der Waals surface area contributed by atoms with Crippen molar-refractivity contribution in [3.63, 3.8) is 0 Å². The minimum atomic E-state index is -0.536. The van der Waals surface area contributed by atoms with Gasteiger partial charge in [-0.05, 0) is 25.1 Å². The number of imidazole rings is 1. The van der Waals surface area contributed by atoms with Gasteiger partial charge in [-0.3, -0.25) is 14.9 Å². The monoisotopic (exact) mass is 385 g/mol. The first kappa shape index (κ1) is 18.8. The molecular formula is C19H16FN3O3S. The first-order valence-corrected chi connectivity index (χ1v) is 8.98. The van der Waals surface area contributed by atoms with Gasteiger partial charge in [-0.25, -0.2) is 9.37 Å². The molecule has 1 heterocycles. The van der Waals surface area contributed by atoms with Gasteiger partial charge in [0.1, 0.15) is 5.82 Å². The van der Waals surface area contributed by atoms with E-state index in [0.717, 1.165) is 0 Å². The van der Waals surface area contributed by atoms with Crippen LogP contribution in [-0.2, 0) is 7.05 Å². The Morgan fingerprint density at radius 2 is 2.04 bits per heavy atom. The van der Waals surface area contributed by atoms with Crippen molar-refractivity contribution < 1.29 is 14.1 Å². The number of aryl methyl sites for hydroxylation is 1. The molecule has 0 amide bonds. The molecule has 0 saturated heterocycles. The highest BCUT2D eigenvalue weighted by Crippen LogP contribution is 2.40. The maximum Gasteiger partial charge on any atom is 0.283 e. The van der Waals surface area contributed by atoms with Crippen LogP contribution in [0.2, 0.25) is 0 Å². The minimum absolute atomic E-state index is 0.180. The zero-order valence-electron chi connectivity index (χ0n) is 14.6. The molecule has 8 heteroatoms. The quantitative estimate of drug-likeness (QED) is 0.269. The lowest BCUT2D eigenvalue weighted by atomic mass is 10.1. The third-order valence-electron chi connectivity index (χ3n) is 4.09. The fourth-order valence-electron chi connectivity index (χ4n) is 2.67. The maximum atomic E-state index is 14.0. The van der Waals surface area contributed by atoms with Gasteiger partial charge in [0.15, 0.2) is 5.82 Å². The van der Waals surface area contributed by atoms with Crippen molar-refractivity contribution in [2.45, 2.75) is 17.1 Å². The number of carbonyl (C=O) groups excluding carboxylic acids is 1. The van der Waals surface area contributed by atoms with Gasteiger partial charge in [-0.2, -0.15) is 0 Å². The van der Waals surface area contributed by atoms with Crippen molar-refractivity contribution >= 4 is 23.2 Å². The second kappa shape index (κ2) is 7.71. The summed E-state index contributed by atoms with van der Waals surface area (Å²) in [4.78, 5) is 27.9. The van der Waals surface area contributed by atoms with Crippen LogP contribution in [0.3, 0.4) is 0 Å². The van der Waals surface area contributed by atoms with Crippen molar-refractivity contribution in [2.24, 2.45) is 7.05 Å². The van der Waals surface area contributed by atoms with E-state index in [1.807, 2.05) is 0 Å². The average molecular weight is 385 g/mol. The van der Waals surface area contributed by atoms with Gasteiger partial charge in [0, 0.05) is 41.9 Å². The summed E-state index contributed by atoms with van der Waals surface area (Å²) in [7, 11) is 1.68. The Morgan fingerprint density at radius 1 is 1.30 bits per heavy atom. The number of nitro groups is 1. The van der Waals surface area contributed by atoms with Crippen LogP contribution >= 0.6 is 11.8 Å². The number of carbonyl (C=O) groups is 1. The Balaban J connectivity index is 1.93. The number of hydrogen-bond acceptors (Lipinski definition) is 5. The van der Waals surface area contributed by atoms with Gasteiger partial charge in [0.2, 0.25) is 5.78 Å². The summed E-state index contributed by atoms with van der Waals surface area (Å²) in [6, 6.07) is 10.6. The lowest BCUT2D eigenvalue weighted by molar-refractivity contribution is -0.387. The molecule has 0 spiro atoms. The Hall–Kier alpha value is -3.00. The van der Waals surface area contributed by atoms with Crippen LogP contribution in [0, 0.1) is 15.9 Å². The molecule has 27 heavy (non-hydrogen) atoms. The molecule has 0 saturated carbocycles. The number of hydrogen-bond donors (Lipinski definition) is 0. The normalized spacial score (nSPS) is 12.0. The maximum absolute atomic E-state index is 14.0. The molecule has 138 valence electrons. The number of benzene rings is 2. The molecule has 0 aliphatic carbocycles. The highest BCUT2D eigenvalue weighted by molar-refractivity contribution is 7.99. The molecule has 3 rings (SSSR count). The van der Waals surface area contributed by atoms with Gasteiger partial charge >= 0.3 is 0 Å². The van der Waals surface area contributed by atoms with Crippen molar-refractivity contribution in [1.29, 1.82) is 0 Å². The van der Waals surface area contributed by atoms with Crippen LogP contribution in [0.4, 0.5) is 10.1 Å². The molecule has 0 aliphatic rings. The second-order valence-corrected chi connectivity index (χ2v) is 7.29. The van der Waals surface area contributed by atoms with E-state index in [1.165, 1.54) is 42.2 Å². The van der Waals surface area contributed by atoms with Crippen molar-refractivity contribution in [3.8, 4) is 0 Å². The van der Waals surface area contributed by atoms with Crippen LogP contribution in [0.15, 0.2) is 59.8 Å². The van der Waals surface area contributed by atoms with Crippen molar-refractivity contribution in [3.05, 3.63) is 87.7 Å². The van der Waals surface area contributed by atoms with Crippen LogP contribution in [0.1, 0.15) is 33.9 Å². The molecule has 1 unspecified atom stereocenters. The van der Waals surface area contributed by atoms with Gasteiger partial charge in [0.25, 0.3) is 5.69 Å². The van der Waals surface area contributed by atoms with E-state index >= 15 is 0 Å². The molecule has 2 aromatic carbocycles. The highest BCUT2D eigenvalue weighted by atomic mass is 32.2. The first-order chi connectivity index (χ1) is 12.9. The lowest BCUT2D eigenvalue weighted by Crippen LogP contribution is -2.09. The summed E-state index contributed by atoms with van der Waals surface area (Å²) >= 11 is 1.17. The van der Waals surface area contributed by atoms with Gasteiger partial charge in [0.05, 0.1) is 9.82 Å². The van der Waals surface area contributed by atoms with E-state index in [1.54, 1.807) is 42.9 Å². The number of thioether (sulfide) groups is 1. The SMILES string of the molecule is CC(Sc1ccc(C(=O)c2nccn2C)cc1[N+](=O)[O-])c1ccccc1F. The third kappa shape index (κ3) is 3.90. The number of ketones is 1. The third-order valence-corrected chi connectivity index (χ3v) is 5.30. The van der Waals surface area contributed by atoms with Crippen LogP contribution in [0.25, 0.3) is 0 Å². The van der Waals surface area contributed by atoms with E-state index in [9.17, 15) is 19.3 Å². The Labute approximate surface area is 159 Å². The molecule has 0 fully saturated rings. The van der Waals surface area contributed by atoms with E-state index in [4.69, 9.17) is 0 Å². The summed E-state index contributed by atoms with van der Waals surface area (Å²) in [5, 5.41) is 11.2. The molecular weight excluding hydrogens is 369 g/mol. The molecule has 1 aromatic heterocycles. The first-order valence-electron chi connectivity index (χ1n) is 8.10. The number of nitro benzene ring substituents is 1. The van der Waals surface area contributed by atoms with Crippen LogP contribution < -0.4 is 0 Å². The predicted octanol–water partition coefficient (Wildman–Crippen LogP) is 4.55. The van der Waals surface area contributed by atoms with E-state index < -0.39 is 10.7 Å². The Kier molecular flexibility index (Phi) is 5.36. The topological polar surface area (TPSA) is 78.0 Å². The van der Waals surface area contributed by atoms with Gasteiger partial charge in [-0.1, -0.05) is 18.2 Å². The molecule has 0 N–H and O–H groups in total. The smallest absolute Gasteiger partial charge is 0.283 e. The lowest BCUT2D eigenvalue weighted by Gasteiger charge is -2.13. The van der Waals surface area contributed by atoms with Crippen molar-refractivity contribution in [1.82, 2.24) is 9.55 Å². The Morgan fingerprint density at radius 3 is 2.67 bits per heavy atom. The molecule has 0 radical (unpaired) electrons. The zero-order chi connectivity index (χ0) is 19.6. The summed E-state index contributed by atoms with van der Waals surface area (Å²) in [6.07, 6.45) is 3.11. The van der Waals surface area contributed by atoms with Crippen LogP contribution in [-0.4, -0.2) is 20.3 Å². The van der Waals surface area contributed by atoms with Gasteiger partial charge in [-0.15, -0.1) is 11.8 Å². The summed E-state index contributed by atoms with van der Waals surface area (Å²) in [5.41, 5.74) is 0.451. The summed E-state index contributed by atoms with van der Waals surface area (Å²) in [5.74, 6) is -0.560. The fraction of sp³-hybridized carbons (Fsp3) is 0.158. The number of rotatable bonds is 6. The number of halogens is 1. The number of aromatic nitrogens is 2. The summed E-state index contributed by atoms with van der Waals surface area (Å²) < 4.78 is 15.5. The molecule has 0 aliphatic heterocycles. The zero-order valence-corrected chi connectivity index (χ0v) is 15.4. The van der Waals surface area contributed by atoms with E-state index in [0.29, 0.717) is 10.5 Å². The summed E-state index contributed by atoms with van der Waals surface area (Å²) in [6.45, 7) is 1.78. The fourth-order valence-corrected chi connectivity index (χ4v) is 3.77. The standard InChI is InChI=1S/C19H16FN3O3S/c1-12(14-5-3-4-6-15(14)20)27-17-8-7-13(11-16(17)23(25)26)18(24)19-21-9-10-22(19)2/h3-12H,1-2H3. The van der Waals surface area contributed by atoms with Gasteiger partial charge < -0.3 is 4.57 Å². The molecule has 0 bridgehead atoms. The van der Waals surface area contributed by atoms with Crippen molar-refractivity contribution in [2.75, 3.05) is 0 Å². The molecule has 6 nitrogen and oxygen atoms in total. The number of nitrogens with zero attached hydrogens (tertiary/aromatic N) is 3. The van der Waals surface area contributed by atoms with Crippen LogP contribution in [0.5, 0.6) is 0 Å². The van der Waals surface area contributed by atoms with E-state index in [2.05, 4.69) is 4.98 Å². The predicted molar refractivity (Wildman–Crippen MR) is 100 cm³/mol. The molecule has 1 atom stereocenters. The molecule has 3 aromatic rings. The van der Waals surface area contributed by atoms with E-state index in [-0.39, 0.29) is 28.1 Å². The second-order valence-electron chi connectivity index (χ2n) is 5.91. The minimum Gasteiger partial charge on any atom is -0.331 e. The highest BCUT2D eigenvalue weighted by Gasteiger charge is 2.23. The largest absolute Gasteiger partial charge is 0.331 e.